The molecular formula is C47H31N3O. The lowest BCUT2D eigenvalue weighted by molar-refractivity contribution is 0.669. The first-order chi connectivity index (χ1) is 31.0. The van der Waals surface area contributed by atoms with Crippen molar-refractivity contribution in [2.45, 2.75) is 0 Å². The number of hydrogen-bond acceptors (Lipinski definition) is 2. The van der Waals surface area contributed by atoms with E-state index in [1.807, 2.05) is 0 Å². The number of furan rings is 1. The van der Waals surface area contributed by atoms with Crippen molar-refractivity contribution in [2.75, 3.05) is 0 Å². The molecule has 1 N–H and O–H groups in total. The predicted octanol–water partition coefficient (Wildman–Crippen LogP) is 12.1. The molecule has 51 heavy (non-hydrogen) atoms. The number of nitrogens with zero attached hydrogens (tertiary/aromatic N) is 2. The molecule has 0 fully saturated rings. The predicted molar refractivity (Wildman–Crippen MR) is 213 cm³/mol. The molecule has 9 aromatic rings. The number of para-hydroxylation sites is 1. The smallest absolute Gasteiger partial charge is 0.161 e. The summed E-state index contributed by atoms with van der Waals surface area (Å²) in [5.41, 5.74) is 2.36. The maximum atomic E-state index is 9.37. The number of aliphatic imine (C=N–C) groups is 2. The van der Waals surface area contributed by atoms with E-state index in [-0.39, 0.29) is 81.2 Å². The van der Waals surface area contributed by atoms with Crippen LogP contribution in [0.3, 0.4) is 0 Å². The molecule has 8 aromatic carbocycles. The molecule has 4 nitrogen and oxygen atoms in total. The third-order valence-electron chi connectivity index (χ3n) is 8.45. The van der Waals surface area contributed by atoms with Gasteiger partial charge in [-0.3, -0.25) is 5.41 Å². The number of hydrogen-bond donors (Lipinski definition) is 1. The van der Waals surface area contributed by atoms with Gasteiger partial charge in [0.25, 0.3) is 0 Å². The van der Waals surface area contributed by atoms with E-state index in [1.165, 1.54) is 30.5 Å². The van der Waals surface area contributed by atoms with Gasteiger partial charge in [-0.05, 0) is 74.1 Å². The van der Waals surface area contributed by atoms with Gasteiger partial charge in [0.05, 0.1) is 19.2 Å². The van der Waals surface area contributed by atoms with Crippen LogP contribution in [-0.2, 0) is 0 Å². The van der Waals surface area contributed by atoms with Gasteiger partial charge in [0.15, 0.2) is 11.7 Å². The molecule has 240 valence electrons. The van der Waals surface area contributed by atoms with E-state index in [2.05, 4.69) is 4.99 Å². The Morgan fingerprint density at radius 3 is 2.31 bits per heavy atom. The van der Waals surface area contributed by atoms with Crippen LogP contribution in [0.5, 0.6) is 0 Å². The summed E-state index contributed by atoms with van der Waals surface area (Å²) in [5.74, 6) is -0.408. The fourth-order valence-electron chi connectivity index (χ4n) is 6.00. The molecule has 0 unspecified atom stereocenters. The molecule has 0 aliphatic carbocycles. The summed E-state index contributed by atoms with van der Waals surface area (Å²) < 4.78 is 124. The third-order valence-corrected chi connectivity index (χ3v) is 8.45. The third kappa shape index (κ3) is 5.79. The molecule has 0 bridgehead atoms. The topological polar surface area (TPSA) is 61.7 Å². The number of fused-ring (bicyclic) bond motifs is 5. The minimum absolute atomic E-state index is 0.0145. The van der Waals surface area contributed by atoms with Crippen molar-refractivity contribution in [3.63, 3.8) is 0 Å². The standard InChI is InChI=1S/C47H31N3O/c48-46(42-18-10-20-44-45(42)41-17-8-9-19-43(41)51-44)50-47(49-30-39-15-6-7-16-40(39)32-12-2-1-3-13-32)38-26-25-36-28-35(23-24-37(36)29-38)34-22-21-31-11-4-5-14-33(31)27-34/h1-30,48H/i1D,2D,3D,4D,5D,8D,11D,12D,13D,14D,18D,19D,21D,22D. The highest BCUT2D eigenvalue weighted by Gasteiger charge is 2.15. The Bertz CT molecular complexity index is 3610. The van der Waals surface area contributed by atoms with E-state index in [4.69, 9.17) is 28.6 Å². The summed E-state index contributed by atoms with van der Waals surface area (Å²) in [5, 5.41) is 11.5. The largest absolute Gasteiger partial charge is 0.456 e. The summed E-state index contributed by atoms with van der Waals surface area (Å²) in [6, 6.07) is 19.8. The second-order valence-electron chi connectivity index (χ2n) is 11.5. The van der Waals surface area contributed by atoms with E-state index in [0.29, 0.717) is 49.4 Å². The van der Waals surface area contributed by atoms with Crippen LogP contribution in [0.15, 0.2) is 190 Å². The zero-order chi connectivity index (χ0) is 46.3. The summed E-state index contributed by atoms with van der Waals surface area (Å²) in [7, 11) is 0. The quantitative estimate of drug-likeness (QED) is 0.144. The average molecular weight is 668 g/mol. The zero-order valence-electron chi connectivity index (χ0n) is 40.5. The molecule has 0 spiro atoms. The van der Waals surface area contributed by atoms with Gasteiger partial charge in [-0.1, -0.05) is 145 Å². The van der Waals surface area contributed by atoms with Gasteiger partial charge >= 0.3 is 0 Å². The molecule has 0 radical (unpaired) electrons. The SMILES string of the molecule is [2H]c1cc([2H])c2oc3ccc([2H])c(C(=N)N=C(N=Cc4ccccc4-c4c([2H])c([2H])c([2H])c([2H])c4[2H])c4ccc5cc(-c6cc7c([2H])c([2H])c([2H])c([2H])c7c([2H])c6[2H])ccc5c4)c3c2c1. The van der Waals surface area contributed by atoms with E-state index >= 15 is 0 Å². The number of nitrogens with one attached hydrogen (secondary N) is 1. The van der Waals surface area contributed by atoms with Crippen molar-refractivity contribution in [3.05, 3.63) is 192 Å². The van der Waals surface area contributed by atoms with Crippen LogP contribution in [0.4, 0.5) is 0 Å². The van der Waals surface area contributed by atoms with Gasteiger partial charge in [0.2, 0.25) is 0 Å². The minimum Gasteiger partial charge on any atom is -0.456 e. The molecular weight excluding hydrogens is 623 g/mol. The van der Waals surface area contributed by atoms with E-state index in [0.717, 1.165) is 0 Å². The van der Waals surface area contributed by atoms with Gasteiger partial charge in [-0.2, -0.15) is 0 Å². The van der Waals surface area contributed by atoms with Crippen molar-refractivity contribution in [1.29, 1.82) is 5.41 Å². The lowest BCUT2D eigenvalue weighted by atomic mass is 9.97. The Labute approximate surface area is 314 Å². The van der Waals surface area contributed by atoms with E-state index in [1.54, 1.807) is 66.7 Å². The molecule has 1 aromatic heterocycles. The average Bonchev–Trinajstić information content (AvgIpc) is 3.67. The van der Waals surface area contributed by atoms with Crippen molar-refractivity contribution >= 4 is 61.4 Å². The monoisotopic (exact) mass is 667 g/mol. The maximum Gasteiger partial charge on any atom is 0.161 e. The van der Waals surface area contributed by atoms with Crippen molar-refractivity contribution in [1.82, 2.24) is 0 Å². The highest BCUT2D eigenvalue weighted by atomic mass is 16.3. The Morgan fingerprint density at radius 2 is 1.39 bits per heavy atom. The Balaban J connectivity index is 1.21. The van der Waals surface area contributed by atoms with Crippen molar-refractivity contribution in [2.24, 2.45) is 9.98 Å². The second-order valence-corrected chi connectivity index (χ2v) is 11.5. The highest BCUT2D eigenvalue weighted by molar-refractivity contribution is 6.21. The number of amidine groups is 2. The van der Waals surface area contributed by atoms with Crippen LogP contribution >= 0.6 is 0 Å². The first-order valence-corrected chi connectivity index (χ1v) is 15.8. The fraction of sp³-hybridized carbons (Fsp3) is 0. The van der Waals surface area contributed by atoms with E-state index in [9.17, 15) is 5.41 Å². The molecule has 0 saturated carbocycles. The number of rotatable bonds is 5. The molecule has 0 aliphatic heterocycles. The molecule has 4 heteroatoms. The second kappa shape index (κ2) is 12.8. The fourth-order valence-corrected chi connectivity index (χ4v) is 6.00. The summed E-state index contributed by atoms with van der Waals surface area (Å²) in [6.45, 7) is 0. The molecule has 9 rings (SSSR count). The van der Waals surface area contributed by atoms with Crippen LogP contribution in [0.25, 0.3) is 65.7 Å². The Morgan fingerprint density at radius 1 is 0.588 bits per heavy atom. The lowest BCUT2D eigenvalue weighted by Crippen LogP contribution is -2.05. The van der Waals surface area contributed by atoms with Gasteiger partial charge < -0.3 is 4.42 Å². The molecule has 0 aliphatic rings. The van der Waals surface area contributed by atoms with Gasteiger partial charge in [0.1, 0.15) is 11.2 Å². The van der Waals surface area contributed by atoms with Gasteiger partial charge in [-0.25, -0.2) is 9.98 Å². The Hall–Kier alpha value is -6.91. The van der Waals surface area contributed by atoms with Crippen LogP contribution < -0.4 is 0 Å². The normalized spacial score (nSPS) is 15.9. The van der Waals surface area contributed by atoms with Gasteiger partial charge in [-0.15, -0.1) is 0 Å². The van der Waals surface area contributed by atoms with Crippen LogP contribution in [-0.4, -0.2) is 17.9 Å². The highest BCUT2D eigenvalue weighted by Crippen LogP contribution is 2.32. The van der Waals surface area contributed by atoms with Crippen molar-refractivity contribution in [3.8, 4) is 22.3 Å². The lowest BCUT2D eigenvalue weighted by Gasteiger charge is -2.09. The minimum atomic E-state index is -0.535. The number of benzene rings is 8. The summed E-state index contributed by atoms with van der Waals surface area (Å²) in [6.07, 6.45) is 1.41. The molecule has 0 amide bonds. The molecule has 0 saturated heterocycles. The summed E-state index contributed by atoms with van der Waals surface area (Å²) in [4.78, 5) is 9.44. The maximum absolute atomic E-state index is 9.37. The summed E-state index contributed by atoms with van der Waals surface area (Å²) >= 11 is 0. The first-order valence-electron chi connectivity index (χ1n) is 22.8. The van der Waals surface area contributed by atoms with Crippen molar-refractivity contribution < 1.29 is 23.6 Å². The van der Waals surface area contributed by atoms with Crippen LogP contribution in [0.1, 0.15) is 35.9 Å². The molecule has 1 heterocycles. The van der Waals surface area contributed by atoms with E-state index < -0.39 is 48.1 Å². The first kappa shape index (κ1) is 18.7. The molecule has 0 atom stereocenters. The van der Waals surface area contributed by atoms with Gasteiger partial charge in [0, 0.05) is 33.7 Å². The van der Waals surface area contributed by atoms with Crippen LogP contribution in [0.2, 0.25) is 0 Å². The van der Waals surface area contributed by atoms with Crippen LogP contribution in [0, 0.1) is 5.41 Å². The Kier molecular flexibility index (Phi) is 4.72. The zero-order valence-corrected chi connectivity index (χ0v) is 26.5.